The largest absolute Gasteiger partial charge is 0.389 e. The monoisotopic (exact) mass is 398 g/mol. The molecule has 152 valence electrons. The van der Waals surface area contributed by atoms with Crippen LogP contribution in [0.25, 0.3) is 23.4 Å². The number of amides is 1. The molecule has 2 N–H and O–H groups in total. The minimum absolute atomic E-state index is 0.128. The van der Waals surface area contributed by atoms with E-state index in [0.29, 0.717) is 22.8 Å². The first kappa shape index (κ1) is 20.5. The Morgan fingerprint density at radius 3 is 2.66 bits per heavy atom. The predicted molar refractivity (Wildman–Crippen MR) is 107 cm³/mol. The van der Waals surface area contributed by atoms with Gasteiger partial charge in [0.25, 0.3) is 5.91 Å². The van der Waals surface area contributed by atoms with Crippen LogP contribution in [0, 0.1) is 12.7 Å². The topological polar surface area (TPSA) is 93.2 Å². The molecule has 0 aliphatic heterocycles. The highest BCUT2D eigenvalue weighted by Gasteiger charge is 2.18. The number of nitrogens with one attached hydrogen (secondary N) is 1. The number of hydrogen-bond donors (Lipinski definition) is 2. The highest BCUT2D eigenvalue weighted by molar-refractivity contribution is 5.93. The van der Waals surface area contributed by atoms with Gasteiger partial charge in [-0.25, -0.2) is 4.39 Å². The van der Waals surface area contributed by atoms with E-state index in [1.807, 2.05) is 0 Å². The normalized spacial score (nSPS) is 11.9. The standard InChI is InChI=1S/C21H23FN4O3/c1-13-17(19(25-29-13)14-5-7-15(22)8-6-14)10-9-16-11-18(26(4)24-16)20(27)23-12-21(2,3)28/h5-11,28H,12H2,1-4H3,(H,23,27)/b10-9+. The number of benzene rings is 1. The molecule has 0 radical (unpaired) electrons. The van der Waals surface area contributed by atoms with Gasteiger partial charge in [0.05, 0.1) is 11.3 Å². The summed E-state index contributed by atoms with van der Waals surface area (Å²) in [7, 11) is 1.67. The molecule has 2 heterocycles. The van der Waals surface area contributed by atoms with Crippen molar-refractivity contribution in [1.29, 1.82) is 0 Å². The number of carbonyl (C=O) groups excluding carboxylic acids is 1. The van der Waals surface area contributed by atoms with Crippen LogP contribution in [0.15, 0.2) is 34.9 Å². The molecule has 7 nitrogen and oxygen atoms in total. The maximum Gasteiger partial charge on any atom is 0.269 e. The summed E-state index contributed by atoms with van der Waals surface area (Å²) in [6, 6.07) is 7.65. The van der Waals surface area contributed by atoms with E-state index in [1.165, 1.54) is 16.8 Å². The molecule has 29 heavy (non-hydrogen) atoms. The molecule has 0 unspecified atom stereocenters. The van der Waals surface area contributed by atoms with Crippen molar-refractivity contribution >= 4 is 18.1 Å². The molecule has 0 atom stereocenters. The Morgan fingerprint density at radius 1 is 1.31 bits per heavy atom. The molecule has 1 aromatic carbocycles. The van der Waals surface area contributed by atoms with Crippen LogP contribution in [0.5, 0.6) is 0 Å². The first-order valence-corrected chi connectivity index (χ1v) is 9.09. The Labute approximate surface area is 167 Å². The third-order valence-electron chi connectivity index (χ3n) is 4.26. The highest BCUT2D eigenvalue weighted by Crippen LogP contribution is 2.27. The average Bonchev–Trinajstić information content (AvgIpc) is 3.20. The fourth-order valence-corrected chi connectivity index (χ4v) is 2.73. The van der Waals surface area contributed by atoms with Gasteiger partial charge in [-0.05, 0) is 63.3 Å². The Morgan fingerprint density at radius 2 is 2.00 bits per heavy atom. The molecule has 0 spiro atoms. The van der Waals surface area contributed by atoms with E-state index in [2.05, 4.69) is 15.6 Å². The summed E-state index contributed by atoms with van der Waals surface area (Å²) in [6.45, 7) is 5.14. The number of aliphatic hydroxyl groups is 1. The molecule has 0 fully saturated rings. The van der Waals surface area contributed by atoms with E-state index in [-0.39, 0.29) is 18.3 Å². The van der Waals surface area contributed by atoms with Crippen LogP contribution >= 0.6 is 0 Å². The van der Waals surface area contributed by atoms with Crippen molar-refractivity contribution in [3.05, 3.63) is 58.9 Å². The molecule has 0 bridgehead atoms. The molecular weight excluding hydrogens is 375 g/mol. The van der Waals surface area contributed by atoms with Crippen LogP contribution < -0.4 is 5.32 Å². The molecule has 1 amide bonds. The van der Waals surface area contributed by atoms with Crippen LogP contribution in [0.3, 0.4) is 0 Å². The Hall–Kier alpha value is -3.26. The lowest BCUT2D eigenvalue weighted by atomic mass is 10.1. The van der Waals surface area contributed by atoms with Crippen LogP contribution in [0.1, 0.15) is 41.4 Å². The number of aryl methyl sites for hydroxylation is 2. The third-order valence-corrected chi connectivity index (χ3v) is 4.26. The summed E-state index contributed by atoms with van der Waals surface area (Å²) in [5.41, 5.74) is 2.02. The Bertz CT molecular complexity index is 1040. The quantitative estimate of drug-likeness (QED) is 0.665. The first-order chi connectivity index (χ1) is 13.6. The van der Waals surface area contributed by atoms with Crippen LogP contribution in [0.4, 0.5) is 4.39 Å². The summed E-state index contributed by atoms with van der Waals surface area (Å²) in [6.07, 6.45) is 3.55. The van der Waals surface area contributed by atoms with Crippen LogP contribution in [0.2, 0.25) is 0 Å². The van der Waals surface area contributed by atoms with Gasteiger partial charge in [0, 0.05) is 24.7 Å². The molecular formula is C21H23FN4O3. The molecule has 0 saturated heterocycles. The van der Waals surface area contributed by atoms with E-state index >= 15 is 0 Å². The summed E-state index contributed by atoms with van der Waals surface area (Å²) in [5, 5.41) is 20.8. The predicted octanol–water partition coefficient (Wildman–Crippen LogP) is 3.19. The van der Waals surface area contributed by atoms with Crippen LogP contribution in [-0.2, 0) is 7.05 Å². The molecule has 0 saturated carbocycles. The van der Waals surface area contributed by atoms with E-state index in [1.54, 1.807) is 58.2 Å². The average molecular weight is 398 g/mol. The van der Waals surface area contributed by atoms with Crippen molar-refractivity contribution in [2.24, 2.45) is 7.05 Å². The van der Waals surface area contributed by atoms with Crippen molar-refractivity contribution in [3.63, 3.8) is 0 Å². The van der Waals surface area contributed by atoms with Crippen molar-refractivity contribution in [2.75, 3.05) is 6.54 Å². The molecule has 2 aromatic heterocycles. The molecule has 8 heteroatoms. The summed E-state index contributed by atoms with van der Waals surface area (Å²) in [5.74, 6) is -0.0375. The van der Waals surface area contributed by atoms with E-state index in [4.69, 9.17) is 4.52 Å². The summed E-state index contributed by atoms with van der Waals surface area (Å²) < 4.78 is 20.0. The zero-order valence-corrected chi connectivity index (χ0v) is 16.7. The molecule has 0 aliphatic carbocycles. The molecule has 3 rings (SSSR count). The number of carbonyl (C=O) groups is 1. The van der Waals surface area contributed by atoms with Gasteiger partial charge in [-0.2, -0.15) is 5.10 Å². The SMILES string of the molecule is Cc1onc(-c2ccc(F)cc2)c1/C=C/c1cc(C(=O)NCC(C)(C)O)n(C)n1. The minimum Gasteiger partial charge on any atom is -0.389 e. The second-order valence-corrected chi connectivity index (χ2v) is 7.41. The maximum atomic E-state index is 13.2. The smallest absolute Gasteiger partial charge is 0.269 e. The summed E-state index contributed by atoms with van der Waals surface area (Å²) in [4.78, 5) is 12.3. The lowest BCUT2D eigenvalue weighted by Gasteiger charge is -2.17. The van der Waals surface area contributed by atoms with Gasteiger partial charge in [0.15, 0.2) is 0 Å². The minimum atomic E-state index is -1.00. The fraction of sp³-hybridized carbons (Fsp3) is 0.286. The fourth-order valence-electron chi connectivity index (χ4n) is 2.73. The first-order valence-electron chi connectivity index (χ1n) is 9.09. The Balaban J connectivity index is 1.82. The van der Waals surface area contributed by atoms with Crippen molar-refractivity contribution in [3.8, 4) is 11.3 Å². The number of rotatable bonds is 6. The number of aromatic nitrogens is 3. The van der Waals surface area contributed by atoms with Gasteiger partial charge < -0.3 is 14.9 Å². The van der Waals surface area contributed by atoms with Crippen molar-refractivity contribution in [1.82, 2.24) is 20.3 Å². The number of nitrogens with zero attached hydrogens (tertiary/aromatic N) is 3. The van der Waals surface area contributed by atoms with Gasteiger partial charge in [0.1, 0.15) is 23.0 Å². The van der Waals surface area contributed by atoms with Gasteiger partial charge >= 0.3 is 0 Å². The van der Waals surface area contributed by atoms with Gasteiger partial charge in [-0.3, -0.25) is 9.48 Å². The summed E-state index contributed by atoms with van der Waals surface area (Å²) >= 11 is 0. The second-order valence-electron chi connectivity index (χ2n) is 7.41. The Kier molecular flexibility index (Phi) is 5.65. The van der Waals surface area contributed by atoms with Gasteiger partial charge in [0.2, 0.25) is 0 Å². The lowest BCUT2D eigenvalue weighted by Crippen LogP contribution is -2.38. The second kappa shape index (κ2) is 8.00. The number of halogens is 1. The maximum absolute atomic E-state index is 13.2. The van der Waals surface area contributed by atoms with Gasteiger partial charge in [-0.1, -0.05) is 5.16 Å². The molecule has 3 aromatic rings. The van der Waals surface area contributed by atoms with E-state index in [0.717, 1.165) is 11.1 Å². The van der Waals surface area contributed by atoms with Crippen molar-refractivity contribution in [2.45, 2.75) is 26.4 Å². The molecule has 0 aliphatic rings. The zero-order chi connectivity index (χ0) is 21.2. The van der Waals surface area contributed by atoms with Crippen LogP contribution in [-0.4, -0.2) is 38.1 Å². The van der Waals surface area contributed by atoms with E-state index in [9.17, 15) is 14.3 Å². The highest BCUT2D eigenvalue weighted by atomic mass is 19.1. The number of hydrogen-bond acceptors (Lipinski definition) is 5. The van der Waals surface area contributed by atoms with Crippen molar-refractivity contribution < 1.29 is 18.8 Å². The third kappa shape index (κ3) is 4.97. The van der Waals surface area contributed by atoms with E-state index < -0.39 is 5.60 Å². The zero-order valence-electron chi connectivity index (χ0n) is 16.7. The van der Waals surface area contributed by atoms with Gasteiger partial charge in [-0.15, -0.1) is 0 Å². The lowest BCUT2D eigenvalue weighted by molar-refractivity contribution is 0.0689.